The van der Waals surface area contributed by atoms with Gasteiger partial charge in [0.05, 0.1) is 22.7 Å². The highest BCUT2D eigenvalue weighted by molar-refractivity contribution is 9.10. The molecule has 0 fully saturated rings. The zero-order chi connectivity index (χ0) is 14.2. The average molecular weight is 365 g/mol. The van der Waals surface area contributed by atoms with Gasteiger partial charge in [0.1, 0.15) is 5.02 Å². The number of hydrogen-bond donors (Lipinski definition) is 3. The predicted molar refractivity (Wildman–Crippen MR) is 82.7 cm³/mol. The van der Waals surface area contributed by atoms with Crippen LogP contribution in [-0.4, -0.2) is 0 Å². The molecule has 0 spiro atoms. The summed E-state index contributed by atoms with van der Waals surface area (Å²) >= 11 is 14.9. The minimum absolute atomic E-state index is 0.0715. The molecule has 2 rings (SSSR count). The van der Waals surface area contributed by atoms with Crippen LogP contribution in [-0.2, 0) is 0 Å². The third kappa shape index (κ3) is 2.88. The Bertz CT molecular complexity index is 649. The molecule has 0 heterocycles. The number of benzene rings is 2. The summed E-state index contributed by atoms with van der Waals surface area (Å²) in [6, 6.07) is 6.44. The number of nitrogen functional groups attached to an aromatic ring is 2. The Morgan fingerprint density at radius 3 is 2.42 bits per heavy atom. The van der Waals surface area contributed by atoms with Gasteiger partial charge in [-0.1, -0.05) is 23.2 Å². The topological polar surface area (TPSA) is 64.1 Å². The Morgan fingerprint density at radius 1 is 1.11 bits per heavy atom. The minimum atomic E-state index is -0.694. The quantitative estimate of drug-likeness (QED) is 0.670. The van der Waals surface area contributed by atoms with E-state index in [1.165, 1.54) is 6.07 Å². The molecule has 0 bridgehead atoms. The highest BCUT2D eigenvalue weighted by Crippen LogP contribution is 2.37. The molecule has 100 valence electrons. The van der Waals surface area contributed by atoms with Crippen LogP contribution in [0, 0.1) is 5.82 Å². The molecule has 5 N–H and O–H groups in total. The van der Waals surface area contributed by atoms with Crippen LogP contribution >= 0.6 is 39.1 Å². The number of hydrogen-bond acceptors (Lipinski definition) is 3. The summed E-state index contributed by atoms with van der Waals surface area (Å²) in [5.41, 5.74) is 12.2. The maximum atomic E-state index is 14.0. The van der Waals surface area contributed by atoms with Crippen molar-refractivity contribution < 1.29 is 4.39 Å². The van der Waals surface area contributed by atoms with Gasteiger partial charge >= 0.3 is 0 Å². The molecule has 2 aromatic rings. The lowest BCUT2D eigenvalue weighted by atomic mass is 10.2. The van der Waals surface area contributed by atoms with Crippen molar-refractivity contribution in [2.45, 2.75) is 0 Å². The van der Waals surface area contributed by atoms with Crippen LogP contribution < -0.4 is 16.8 Å². The predicted octanol–water partition coefficient (Wildman–Crippen LogP) is 4.80. The number of nitrogens with one attached hydrogen (secondary N) is 1. The van der Waals surface area contributed by atoms with Crippen molar-refractivity contribution in [3.05, 3.63) is 44.6 Å². The third-order valence-electron chi connectivity index (χ3n) is 2.46. The molecule has 7 heteroatoms. The summed E-state index contributed by atoms with van der Waals surface area (Å²) in [6.07, 6.45) is 0. The van der Waals surface area contributed by atoms with E-state index in [9.17, 15) is 4.39 Å². The van der Waals surface area contributed by atoms with E-state index in [2.05, 4.69) is 21.2 Å². The summed E-state index contributed by atoms with van der Waals surface area (Å²) in [5, 5.41) is 3.25. The highest BCUT2D eigenvalue weighted by atomic mass is 79.9. The summed E-state index contributed by atoms with van der Waals surface area (Å²) < 4.78 is 14.7. The van der Waals surface area contributed by atoms with Crippen molar-refractivity contribution in [2.75, 3.05) is 16.8 Å². The molecule has 0 saturated carbocycles. The van der Waals surface area contributed by atoms with Gasteiger partial charge in [-0.2, -0.15) is 0 Å². The fourth-order valence-corrected chi connectivity index (χ4v) is 2.45. The van der Waals surface area contributed by atoms with Gasteiger partial charge in [-0.05, 0) is 40.2 Å². The van der Waals surface area contributed by atoms with Gasteiger partial charge in [-0.15, -0.1) is 0 Å². The van der Waals surface area contributed by atoms with Crippen LogP contribution in [0.2, 0.25) is 10.0 Å². The molecule has 0 atom stereocenters. The van der Waals surface area contributed by atoms with Crippen LogP contribution in [0.3, 0.4) is 0 Å². The second-order valence-electron chi connectivity index (χ2n) is 3.81. The largest absolute Gasteiger partial charge is 0.397 e. The van der Waals surface area contributed by atoms with E-state index in [1.54, 1.807) is 18.2 Å². The lowest BCUT2D eigenvalue weighted by molar-refractivity contribution is 0.633. The van der Waals surface area contributed by atoms with E-state index in [4.69, 9.17) is 34.7 Å². The monoisotopic (exact) mass is 363 g/mol. The van der Waals surface area contributed by atoms with E-state index in [0.29, 0.717) is 15.2 Å². The Balaban J connectivity index is 2.47. The lowest BCUT2D eigenvalue weighted by Gasteiger charge is -2.14. The first kappa shape index (κ1) is 14.2. The summed E-state index contributed by atoms with van der Waals surface area (Å²) in [5.74, 6) is -0.694. The molecule has 0 aromatic heterocycles. The Labute approximate surface area is 127 Å². The Kier molecular flexibility index (Phi) is 4.08. The molecule has 0 aliphatic rings. The maximum Gasteiger partial charge on any atom is 0.169 e. The molecule has 0 saturated heterocycles. The van der Waals surface area contributed by atoms with Crippen LogP contribution in [0.15, 0.2) is 28.7 Å². The van der Waals surface area contributed by atoms with Crippen molar-refractivity contribution in [1.82, 2.24) is 0 Å². The smallest absolute Gasteiger partial charge is 0.169 e. The van der Waals surface area contributed by atoms with Gasteiger partial charge in [0, 0.05) is 9.50 Å². The zero-order valence-corrected chi connectivity index (χ0v) is 12.6. The maximum absolute atomic E-state index is 14.0. The van der Waals surface area contributed by atoms with E-state index >= 15 is 0 Å². The Morgan fingerprint density at radius 2 is 1.79 bits per heavy atom. The Hall–Kier alpha value is -1.17. The average Bonchev–Trinajstić information content (AvgIpc) is 2.34. The normalized spacial score (nSPS) is 10.5. The molecule has 3 nitrogen and oxygen atoms in total. The summed E-state index contributed by atoms with van der Waals surface area (Å²) in [7, 11) is 0. The minimum Gasteiger partial charge on any atom is -0.397 e. The number of anilines is 4. The van der Waals surface area contributed by atoms with Crippen LogP contribution in [0.25, 0.3) is 0 Å². The van der Waals surface area contributed by atoms with Crippen LogP contribution in [0.1, 0.15) is 0 Å². The van der Waals surface area contributed by atoms with Gasteiger partial charge in [0.15, 0.2) is 5.82 Å². The fourth-order valence-electron chi connectivity index (χ4n) is 1.52. The van der Waals surface area contributed by atoms with Gasteiger partial charge in [-0.3, -0.25) is 0 Å². The lowest BCUT2D eigenvalue weighted by Crippen LogP contribution is -2.03. The van der Waals surface area contributed by atoms with Crippen molar-refractivity contribution in [3.63, 3.8) is 0 Å². The van der Waals surface area contributed by atoms with Gasteiger partial charge in [0.2, 0.25) is 0 Å². The number of nitrogens with two attached hydrogens (primary N) is 2. The van der Waals surface area contributed by atoms with Gasteiger partial charge < -0.3 is 16.8 Å². The van der Waals surface area contributed by atoms with E-state index < -0.39 is 5.82 Å². The molecular formula is C12H9BrCl2FN3. The molecule has 2 aromatic carbocycles. The molecule has 0 amide bonds. The van der Waals surface area contributed by atoms with Gasteiger partial charge in [0.25, 0.3) is 0 Å². The third-order valence-corrected chi connectivity index (χ3v) is 3.73. The van der Waals surface area contributed by atoms with Crippen molar-refractivity contribution >= 4 is 61.9 Å². The van der Waals surface area contributed by atoms with Crippen molar-refractivity contribution in [1.29, 1.82) is 0 Å². The molecule has 0 aliphatic heterocycles. The van der Waals surface area contributed by atoms with Crippen LogP contribution in [0.5, 0.6) is 0 Å². The van der Waals surface area contributed by atoms with E-state index in [1.807, 2.05) is 0 Å². The first-order valence-corrected chi connectivity index (χ1v) is 6.70. The number of rotatable bonds is 2. The molecule has 19 heavy (non-hydrogen) atoms. The summed E-state index contributed by atoms with van der Waals surface area (Å²) in [6.45, 7) is 0. The van der Waals surface area contributed by atoms with Crippen molar-refractivity contribution in [3.8, 4) is 0 Å². The molecular weight excluding hydrogens is 356 g/mol. The first-order chi connectivity index (χ1) is 8.90. The second-order valence-corrected chi connectivity index (χ2v) is 5.48. The standard InChI is InChI=1S/C12H9BrCl2FN3/c13-6-3-5(14)1-2-9(6)19-12-8(18)4-7(17)10(15)11(12)16/h1-4,19H,17-18H2. The number of halogens is 4. The molecule has 0 aliphatic carbocycles. The van der Waals surface area contributed by atoms with Crippen molar-refractivity contribution in [2.24, 2.45) is 0 Å². The van der Waals surface area contributed by atoms with Crippen LogP contribution in [0.4, 0.5) is 27.1 Å². The van der Waals surface area contributed by atoms with E-state index in [-0.39, 0.29) is 22.1 Å². The zero-order valence-electron chi connectivity index (χ0n) is 9.48. The van der Waals surface area contributed by atoms with E-state index in [0.717, 1.165) is 0 Å². The molecule has 0 radical (unpaired) electrons. The fraction of sp³-hybridized carbons (Fsp3) is 0. The highest BCUT2D eigenvalue weighted by Gasteiger charge is 2.15. The first-order valence-electron chi connectivity index (χ1n) is 5.15. The summed E-state index contributed by atoms with van der Waals surface area (Å²) in [4.78, 5) is 0. The van der Waals surface area contributed by atoms with Gasteiger partial charge in [-0.25, -0.2) is 4.39 Å². The second kappa shape index (κ2) is 5.45. The molecule has 0 unspecified atom stereocenters. The SMILES string of the molecule is Nc1cc(N)c(Nc2ccc(Cl)cc2Br)c(F)c1Cl.